The smallest absolute Gasteiger partial charge is 0.337 e. The third-order valence-electron chi connectivity index (χ3n) is 5.57. The van der Waals surface area contributed by atoms with E-state index in [1.807, 2.05) is 26.0 Å². The standard InChI is InChI=1S/C23H25NO4S/c1-4-28-21(23(26)27)18-13(3)24-22-20(15-7-5-6-8-17(15)29-22)19(18)14-10-9-12(2)11-16(14)25/h9-11,21,25H,4-8H2,1-3H3,(H,26,27)/t21-/m0/s1. The van der Waals surface area contributed by atoms with Gasteiger partial charge in [-0.15, -0.1) is 11.3 Å². The molecule has 29 heavy (non-hydrogen) atoms. The van der Waals surface area contributed by atoms with Crippen LogP contribution in [0.25, 0.3) is 21.3 Å². The van der Waals surface area contributed by atoms with E-state index >= 15 is 0 Å². The van der Waals surface area contributed by atoms with E-state index in [1.165, 1.54) is 10.4 Å². The summed E-state index contributed by atoms with van der Waals surface area (Å²) in [4.78, 5) is 19.1. The number of aromatic hydroxyl groups is 1. The van der Waals surface area contributed by atoms with Crippen LogP contribution in [-0.2, 0) is 22.4 Å². The quantitative estimate of drug-likeness (QED) is 0.593. The lowest BCUT2D eigenvalue weighted by atomic mass is 9.87. The van der Waals surface area contributed by atoms with Gasteiger partial charge < -0.3 is 14.9 Å². The fraction of sp³-hybridized carbons (Fsp3) is 0.391. The van der Waals surface area contributed by atoms with Gasteiger partial charge in [0.25, 0.3) is 0 Å². The highest BCUT2D eigenvalue weighted by Crippen LogP contribution is 2.47. The van der Waals surface area contributed by atoms with E-state index in [4.69, 9.17) is 9.72 Å². The number of carboxylic acids is 1. The Balaban J connectivity index is 2.13. The predicted octanol–water partition coefficient (Wildman–Crippen LogP) is 5.33. The zero-order valence-electron chi connectivity index (χ0n) is 16.9. The zero-order valence-corrected chi connectivity index (χ0v) is 17.7. The first-order chi connectivity index (χ1) is 13.9. The highest BCUT2D eigenvalue weighted by Gasteiger charge is 2.31. The summed E-state index contributed by atoms with van der Waals surface area (Å²) in [5, 5.41) is 21.7. The summed E-state index contributed by atoms with van der Waals surface area (Å²) in [6.07, 6.45) is 3.11. The third-order valence-corrected chi connectivity index (χ3v) is 6.76. The molecule has 0 amide bonds. The molecular weight excluding hydrogens is 386 g/mol. The van der Waals surface area contributed by atoms with Crippen molar-refractivity contribution in [2.45, 2.75) is 52.6 Å². The summed E-state index contributed by atoms with van der Waals surface area (Å²) < 4.78 is 5.65. The van der Waals surface area contributed by atoms with Gasteiger partial charge in [-0.3, -0.25) is 0 Å². The molecule has 3 aromatic rings. The number of thiophene rings is 1. The Morgan fingerprint density at radius 3 is 2.72 bits per heavy atom. The summed E-state index contributed by atoms with van der Waals surface area (Å²) in [6, 6.07) is 5.53. The van der Waals surface area contributed by atoms with Gasteiger partial charge >= 0.3 is 5.97 Å². The molecule has 5 nitrogen and oxygen atoms in total. The normalized spacial score (nSPS) is 14.7. The van der Waals surface area contributed by atoms with Gasteiger partial charge in [-0.05, 0) is 63.6 Å². The number of fused-ring (bicyclic) bond motifs is 3. The molecule has 0 fully saturated rings. The number of aryl methyl sites for hydroxylation is 4. The third kappa shape index (κ3) is 3.40. The van der Waals surface area contributed by atoms with Crippen LogP contribution >= 0.6 is 11.3 Å². The van der Waals surface area contributed by atoms with Crippen molar-refractivity contribution < 1.29 is 19.7 Å². The topological polar surface area (TPSA) is 79.7 Å². The molecule has 152 valence electrons. The molecule has 1 aromatic carbocycles. The fourth-order valence-electron chi connectivity index (χ4n) is 4.31. The summed E-state index contributed by atoms with van der Waals surface area (Å²) >= 11 is 1.69. The van der Waals surface area contributed by atoms with Crippen molar-refractivity contribution in [1.82, 2.24) is 4.98 Å². The second-order valence-electron chi connectivity index (χ2n) is 7.57. The summed E-state index contributed by atoms with van der Waals surface area (Å²) in [5.74, 6) is -0.900. The molecule has 2 aromatic heterocycles. The summed E-state index contributed by atoms with van der Waals surface area (Å²) in [6.45, 7) is 5.81. The van der Waals surface area contributed by atoms with Gasteiger partial charge in [0.2, 0.25) is 0 Å². The minimum atomic E-state index is -1.13. The van der Waals surface area contributed by atoms with Crippen LogP contribution in [0.1, 0.15) is 53.1 Å². The Morgan fingerprint density at radius 2 is 2.03 bits per heavy atom. The molecule has 4 rings (SSSR count). The molecule has 0 unspecified atom stereocenters. The minimum absolute atomic E-state index is 0.148. The second-order valence-corrected chi connectivity index (χ2v) is 8.65. The van der Waals surface area contributed by atoms with E-state index in [9.17, 15) is 15.0 Å². The minimum Gasteiger partial charge on any atom is -0.507 e. The van der Waals surface area contributed by atoms with Crippen molar-refractivity contribution in [2.75, 3.05) is 6.61 Å². The first-order valence-corrected chi connectivity index (χ1v) is 10.8. The lowest BCUT2D eigenvalue weighted by Crippen LogP contribution is -2.18. The van der Waals surface area contributed by atoms with Crippen LogP contribution in [0.15, 0.2) is 18.2 Å². The maximum atomic E-state index is 12.1. The van der Waals surface area contributed by atoms with Crippen LogP contribution in [-0.4, -0.2) is 27.8 Å². The number of aromatic nitrogens is 1. The van der Waals surface area contributed by atoms with Crippen molar-refractivity contribution >= 4 is 27.5 Å². The van der Waals surface area contributed by atoms with E-state index in [0.29, 0.717) is 16.8 Å². The molecule has 0 radical (unpaired) electrons. The maximum Gasteiger partial charge on any atom is 0.337 e. The molecule has 0 saturated heterocycles. The number of ether oxygens (including phenoxy) is 1. The fourth-order valence-corrected chi connectivity index (χ4v) is 5.63. The second kappa shape index (κ2) is 7.76. The summed E-state index contributed by atoms with van der Waals surface area (Å²) in [7, 11) is 0. The lowest BCUT2D eigenvalue weighted by Gasteiger charge is -2.22. The van der Waals surface area contributed by atoms with Crippen molar-refractivity contribution in [3.05, 3.63) is 45.5 Å². The molecular formula is C23H25NO4S. The Labute approximate surface area is 174 Å². The van der Waals surface area contributed by atoms with Gasteiger partial charge in [0.1, 0.15) is 10.6 Å². The Bertz CT molecular complexity index is 1100. The number of benzene rings is 1. The van der Waals surface area contributed by atoms with Crippen molar-refractivity contribution in [1.29, 1.82) is 0 Å². The van der Waals surface area contributed by atoms with Crippen molar-refractivity contribution in [3.8, 4) is 16.9 Å². The Morgan fingerprint density at radius 1 is 1.28 bits per heavy atom. The number of phenols is 1. The van der Waals surface area contributed by atoms with E-state index in [0.717, 1.165) is 47.0 Å². The van der Waals surface area contributed by atoms with Gasteiger partial charge in [0.15, 0.2) is 6.10 Å². The van der Waals surface area contributed by atoms with Gasteiger partial charge in [0.05, 0.1) is 0 Å². The van der Waals surface area contributed by atoms with Gasteiger partial charge in [-0.25, -0.2) is 9.78 Å². The SMILES string of the molecule is CCO[C@H](C(=O)O)c1c(C)nc2sc3c(c2c1-c1ccc(C)cc1O)CCCC3. The average molecular weight is 412 g/mol. The first kappa shape index (κ1) is 19.9. The monoisotopic (exact) mass is 411 g/mol. The molecule has 2 N–H and O–H groups in total. The van der Waals surface area contributed by atoms with Crippen molar-refractivity contribution in [2.24, 2.45) is 0 Å². The molecule has 0 aliphatic heterocycles. The Kier molecular flexibility index (Phi) is 5.32. The highest BCUT2D eigenvalue weighted by atomic mass is 32.1. The number of hydrogen-bond acceptors (Lipinski definition) is 5. The van der Waals surface area contributed by atoms with Crippen LogP contribution in [0.5, 0.6) is 5.75 Å². The molecule has 2 heterocycles. The number of carboxylic acid groups (broad SMARTS) is 1. The number of rotatable bonds is 5. The molecule has 1 aliphatic carbocycles. The van der Waals surface area contributed by atoms with Crippen LogP contribution in [0.2, 0.25) is 0 Å². The van der Waals surface area contributed by atoms with Gasteiger partial charge in [0, 0.05) is 39.3 Å². The van der Waals surface area contributed by atoms with E-state index in [2.05, 4.69) is 0 Å². The lowest BCUT2D eigenvalue weighted by molar-refractivity contribution is -0.150. The van der Waals surface area contributed by atoms with Gasteiger partial charge in [-0.2, -0.15) is 0 Å². The largest absolute Gasteiger partial charge is 0.507 e. The number of hydrogen-bond donors (Lipinski definition) is 2. The van der Waals surface area contributed by atoms with Crippen LogP contribution in [0.3, 0.4) is 0 Å². The predicted molar refractivity (Wildman–Crippen MR) is 115 cm³/mol. The molecule has 0 bridgehead atoms. The highest BCUT2D eigenvalue weighted by molar-refractivity contribution is 7.19. The van der Waals surface area contributed by atoms with E-state index in [1.54, 1.807) is 24.3 Å². The summed E-state index contributed by atoms with van der Waals surface area (Å²) in [5.41, 5.74) is 4.76. The molecule has 6 heteroatoms. The maximum absolute atomic E-state index is 12.1. The number of pyridine rings is 1. The molecule has 0 saturated carbocycles. The first-order valence-electron chi connectivity index (χ1n) is 10.0. The van der Waals surface area contributed by atoms with Gasteiger partial charge in [-0.1, -0.05) is 12.1 Å². The Hall–Kier alpha value is -2.44. The van der Waals surface area contributed by atoms with E-state index in [-0.39, 0.29) is 12.4 Å². The van der Waals surface area contributed by atoms with Crippen LogP contribution < -0.4 is 0 Å². The van der Waals surface area contributed by atoms with E-state index < -0.39 is 12.1 Å². The average Bonchev–Trinajstić information content (AvgIpc) is 3.03. The number of nitrogens with zero attached hydrogens (tertiary/aromatic N) is 1. The molecule has 1 aliphatic rings. The van der Waals surface area contributed by atoms with Crippen molar-refractivity contribution in [3.63, 3.8) is 0 Å². The molecule has 0 spiro atoms. The zero-order chi connectivity index (χ0) is 20.7. The number of carbonyl (C=O) groups is 1. The van der Waals surface area contributed by atoms with Crippen LogP contribution in [0.4, 0.5) is 0 Å². The van der Waals surface area contributed by atoms with Crippen LogP contribution in [0, 0.1) is 13.8 Å². The number of phenolic OH excluding ortho intramolecular Hbond substituents is 1. The molecule has 1 atom stereocenters. The number of aliphatic carboxylic acids is 1.